The van der Waals surface area contributed by atoms with Gasteiger partial charge in [-0.05, 0) is 39.2 Å². The molecule has 122 valence electrons. The predicted octanol–water partition coefficient (Wildman–Crippen LogP) is 1.72. The molecule has 2 N–H and O–H groups in total. The van der Waals surface area contributed by atoms with Crippen molar-refractivity contribution >= 4 is 5.91 Å². The van der Waals surface area contributed by atoms with Gasteiger partial charge in [0.1, 0.15) is 11.5 Å². The summed E-state index contributed by atoms with van der Waals surface area (Å²) < 4.78 is 5.21. The number of piperidine rings is 1. The first-order chi connectivity index (χ1) is 11.2. The van der Waals surface area contributed by atoms with Crippen LogP contribution in [0.1, 0.15) is 58.5 Å². The number of carbonyl (C=O) groups excluding carboxylic acids is 1. The second-order valence-electron chi connectivity index (χ2n) is 6.33. The van der Waals surface area contributed by atoms with Gasteiger partial charge < -0.3 is 14.7 Å². The molecule has 7 heteroatoms. The van der Waals surface area contributed by atoms with Crippen molar-refractivity contribution < 1.29 is 9.32 Å². The number of carbonyl (C=O) groups is 1. The summed E-state index contributed by atoms with van der Waals surface area (Å²) in [5.74, 6) is 0.788. The van der Waals surface area contributed by atoms with Crippen LogP contribution in [0.15, 0.2) is 10.6 Å². The lowest BCUT2D eigenvalue weighted by atomic mass is 9.97. The van der Waals surface area contributed by atoms with E-state index >= 15 is 0 Å². The Kier molecular flexibility index (Phi) is 3.65. The van der Waals surface area contributed by atoms with Crippen LogP contribution in [0.4, 0.5) is 0 Å². The maximum Gasteiger partial charge on any atom is 0.275 e. The molecule has 1 unspecified atom stereocenters. The number of fused-ring (bicyclic) bond motifs is 1. The van der Waals surface area contributed by atoms with Gasteiger partial charge in [-0.1, -0.05) is 5.16 Å². The Hall–Kier alpha value is -2.15. The zero-order valence-corrected chi connectivity index (χ0v) is 13.3. The largest absolute Gasteiger partial charge is 0.361 e. The summed E-state index contributed by atoms with van der Waals surface area (Å²) in [6, 6.07) is 1.92. The fourth-order valence-corrected chi connectivity index (χ4v) is 3.58. The Morgan fingerprint density at radius 1 is 1.43 bits per heavy atom. The van der Waals surface area contributed by atoms with Crippen LogP contribution in [0, 0.1) is 6.92 Å². The topological polar surface area (TPSA) is 87.0 Å². The van der Waals surface area contributed by atoms with Crippen LogP contribution in [0.25, 0.3) is 0 Å². The highest BCUT2D eigenvalue weighted by Gasteiger charge is 2.33. The van der Waals surface area contributed by atoms with Gasteiger partial charge in [0, 0.05) is 24.7 Å². The molecule has 1 amide bonds. The Morgan fingerprint density at radius 3 is 3.17 bits per heavy atom. The van der Waals surface area contributed by atoms with E-state index in [1.807, 2.05) is 17.9 Å². The van der Waals surface area contributed by atoms with Crippen molar-refractivity contribution in [3.63, 3.8) is 0 Å². The van der Waals surface area contributed by atoms with Crippen molar-refractivity contribution in [2.24, 2.45) is 0 Å². The Balaban J connectivity index is 1.64. The normalized spacial score (nSPS) is 21.3. The number of aryl methyl sites for hydroxylation is 1. The molecule has 0 saturated carbocycles. The molecule has 0 spiro atoms. The third-order valence-corrected chi connectivity index (χ3v) is 4.76. The van der Waals surface area contributed by atoms with Gasteiger partial charge in [0.15, 0.2) is 5.69 Å². The highest BCUT2D eigenvalue weighted by Crippen LogP contribution is 2.32. The van der Waals surface area contributed by atoms with Crippen LogP contribution in [-0.2, 0) is 13.0 Å². The third-order valence-electron chi connectivity index (χ3n) is 4.76. The SMILES string of the molecule is Cc1cc(C2CCCCN2C(=O)c2n[nH]c3c2CCNC3)no1. The van der Waals surface area contributed by atoms with E-state index in [1.165, 1.54) is 0 Å². The maximum atomic E-state index is 13.1. The average Bonchev–Trinajstić information content (AvgIpc) is 3.20. The molecule has 0 bridgehead atoms. The highest BCUT2D eigenvalue weighted by molar-refractivity contribution is 5.94. The van der Waals surface area contributed by atoms with Crippen LogP contribution < -0.4 is 5.32 Å². The first-order valence-electron chi connectivity index (χ1n) is 8.25. The van der Waals surface area contributed by atoms with Crippen LogP contribution in [0.2, 0.25) is 0 Å². The summed E-state index contributed by atoms with van der Waals surface area (Å²) in [4.78, 5) is 15.0. The van der Waals surface area contributed by atoms with E-state index in [1.54, 1.807) is 0 Å². The standard InChI is InChI=1S/C16H21N5O2/c1-10-8-12(20-23-10)14-4-2-3-7-21(14)16(22)15-11-5-6-17-9-13(11)18-19-15/h8,14,17H,2-7,9H2,1H3,(H,18,19). The Morgan fingerprint density at radius 2 is 2.35 bits per heavy atom. The van der Waals surface area contributed by atoms with Crippen molar-refractivity contribution in [2.75, 3.05) is 13.1 Å². The number of H-pyrrole nitrogens is 1. The van der Waals surface area contributed by atoms with E-state index in [2.05, 4.69) is 20.7 Å². The zero-order valence-electron chi connectivity index (χ0n) is 13.3. The number of amides is 1. The van der Waals surface area contributed by atoms with Gasteiger partial charge in [-0.2, -0.15) is 5.10 Å². The number of aromatic amines is 1. The van der Waals surface area contributed by atoms with Crippen LogP contribution >= 0.6 is 0 Å². The van der Waals surface area contributed by atoms with E-state index in [9.17, 15) is 4.79 Å². The molecule has 2 aliphatic heterocycles. The second-order valence-corrected chi connectivity index (χ2v) is 6.33. The first-order valence-corrected chi connectivity index (χ1v) is 8.25. The molecule has 7 nitrogen and oxygen atoms in total. The minimum Gasteiger partial charge on any atom is -0.361 e. The summed E-state index contributed by atoms with van der Waals surface area (Å²) >= 11 is 0. The highest BCUT2D eigenvalue weighted by atomic mass is 16.5. The van der Waals surface area contributed by atoms with E-state index in [0.717, 1.165) is 68.0 Å². The molecule has 4 heterocycles. The quantitative estimate of drug-likeness (QED) is 0.881. The molecular weight excluding hydrogens is 294 g/mol. The Labute approximate surface area is 134 Å². The van der Waals surface area contributed by atoms with Crippen LogP contribution in [0.3, 0.4) is 0 Å². The molecule has 4 rings (SSSR count). The van der Waals surface area contributed by atoms with Gasteiger partial charge in [-0.15, -0.1) is 0 Å². The number of nitrogens with one attached hydrogen (secondary N) is 2. The van der Waals surface area contributed by atoms with Gasteiger partial charge in [0.05, 0.1) is 11.7 Å². The summed E-state index contributed by atoms with van der Waals surface area (Å²) in [6.07, 6.45) is 3.89. The van der Waals surface area contributed by atoms with E-state index in [-0.39, 0.29) is 11.9 Å². The summed E-state index contributed by atoms with van der Waals surface area (Å²) in [6.45, 7) is 4.26. The van der Waals surface area contributed by atoms with Crippen molar-refractivity contribution in [1.82, 2.24) is 25.6 Å². The maximum absolute atomic E-state index is 13.1. The third kappa shape index (κ3) is 2.55. The van der Waals surface area contributed by atoms with Gasteiger partial charge in [0.2, 0.25) is 0 Å². The lowest BCUT2D eigenvalue weighted by Crippen LogP contribution is -2.39. The number of hydrogen-bond acceptors (Lipinski definition) is 5. The molecule has 23 heavy (non-hydrogen) atoms. The van der Waals surface area contributed by atoms with Crippen LogP contribution in [-0.4, -0.2) is 39.3 Å². The molecule has 1 fully saturated rings. The minimum absolute atomic E-state index is 0.00903. The fourth-order valence-electron chi connectivity index (χ4n) is 3.58. The smallest absolute Gasteiger partial charge is 0.275 e. The summed E-state index contributed by atoms with van der Waals surface area (Å²) in [5, 5.41) is 14.7. The molecule has 0 radical (unpaired) electrons. The molecular formula is C16H21N5O2. The molecule has 0 aliphatic carbocycles. The van der Waals surface area contributed by atoms with Gasteiger partial charge in [-0.25, -0.2) is 0 Å². The number of aromatic nitrogens is 3. The van der Waals surface area contributed by atoms with Crippen molar-refractivity contribution in [3.05, 3.63) is 34.5 Å². The number of likely N-dealkylation sites (tertiary alicyclic amines) is 1. The second kappa shape index (κ2) is 5.81. The lowest BCUT2D eigenvalue weighted by Gasteiger charge is -2.34. The first kappa shape index (κ1) is 14.4. The number of hydrogen-bond donors (Lipinski definition) is 2. The average molecular weight is 315 g/mol. The van der Waals surface area contributed by atoms with Crippen molar-refractivity contribution in [3.8, 4) is 0 Å². The van der Waals surface area contributed by atoms with Crippen LogP contribution in [0.5, 0.6) is 0 Å². The summed E-state index contributed by atoms with van der Waals surface area (Å²) in [5.41, 5.74) is 3.52. The Bertz CT molecular complexity index is 720. The number of rotatable bonds is 2. The predicted molar refractivity (Wildman–Crippen MR) is 82.9 cm³/mol. The van der Waals surface area contributed by atoms with Crippen molar-refractivity contribution in [1.29, 1.82) is 0 Å². The molecule has 0 aromatic carbocycles. The summed E-state index contributed by atoms with van der Waals surface area (Å²) in [7, 11) is 0. The molecule has 2 aliphatic rings. The zero-order chi connectivity index (χ0) is 15.8. The molecule has 2 aromatic rings. The van der Waals surface area contributed by atoms with E-state index in [0.29, 0.717) is 5.69 Å². The lowest BCUT2D eigenvalue weighted by molar-refractivity contribution is 0.0594. The monoisotopic (exact) mass is 315 g/mol. The van der Waals surface area contributed by atoms with Gasteiger partial charge in [-0.3, -0.25) is 9.89 Å². The van der Waals surface area contributed by atoms with E-state index in [4.69, 9.17) is 4.52 Å². The van der Waals surface area contributed by atoms with E-state index < -0.39 is 0 Å². The van der Waals surface area contributed by atoms with Gasteiger partial charge >= 0.3 is 0 Å². The number of nitrogens with zero attached hydrogens (tertiary/aromatic N) is 3. The molecule has 1 atom stereocenters. The molecule has 2 aromatic heterocycles. The minimum atomic E-state index is -0.0113. The van der Waals surface area contributed by atoms with Gasteiger partial charge in [0.25, 0.3) is 5.91 Å². The fraction of sp³-hybridized carbons (Fsp3) is 0.562. The molecule has 1 saturated heterocycles. The van der Waals surface area contributed by atoms with Crippen molar-refractivity contribution in [2.45, 2.75) is 45.2 Å².